The first-order chi connectivity index (χ1) is 7.64. The van der Waals surface area contributed by atoms with Gasteiger partial charge in [-0.3, -0.25) is 4.79 Å². The molecule has 16 heavy (non-hydrogen) atoms. The third-order valence-corrected chi connectivity index (χ3v) is 3.60. The van der Waals surface area contributed by atoms with Crippen molar-refractivity contribution < 1.29 is 14.3 Å². The fourth-order valence-electron chi connectivity index (χ4n) is 2.34. The summed E-state index contributed by atoms with van der Waals surface area (Å²) in [5.41, 5.74) is 5.25. The molecule has 2 atom stereocenters. The van der Waals surface area contributed by atoms with Crippen molar-refractivity contribution in [2.75, 3.05) is 13.7 Å². The molecule has 4 heteroatoms. The second-order valence-electron chi connectivity index (χ2n) is 5.14. The minimum Gasteiger partial charge on any atom is -0.468 e. The lowest BCUT2D eigenvalue weighted by Gasteiger charge is -2.35. The summed E-state index contributed by atoms with van der Waals surface area (Å²) in [5.74, 6) is 0.458. The lowest BCUT2D eigenvalue weighted by molar-refractivity contribution is -0.150. The van der Waals surface area contributed by atoms with E-state index in [2.05, 4.69) is 0 Å². The van der Waals surface area contributed by atoms with E-state index in [0.29, 0.717) is 12.8 Å². The number of hydrogen-bond acceptors (Lipinski definition) is 4. The summed E-state index contributed by atoms with van der Waals surface area (Å²) in [5, 5.41) is 0. The number of hydrogen-bond donors (Lipinski definition) is 1. The van der Waals surface area contributed by atoms with E-state index in [1.54, 1.807) is 0 Å². The number of nitrogens with two attached hydrogens (primary N) is 1. The number of ether oxygens (including phenoxy) is 2. The van der Waals surface area contributed by atoms with Crippen LogP contribution in [0.2, 0.25) is 0 Å². The van der Waals surface area contributed by atoms with Gasteiger partial charge in [0, 0.05) is 13.0 Å². The zero-order valence-electron chi connectivity index (χ0n) is 9.91. The number of carbonyl (C=O) groups is 1. The molecule has 0 aromatic heterocycles. The van der Waals surface area contributed by atoms with Gasteiger partial charge in [-0.1, -0.05) is 0 Å². The first-order valence-electron chi connectivity index (χ1n) is 6.13. The molecule has 4 nitrogen and oxygen atoms in total. The highest BCUT2D eigenvalue weighted by atomic mass is 16.5. The summed E-state index contributed by atoms with van der Waals surface area (Å²) in [4.78, 5) is 11.6. The van der Waals surface area contributed by atoms with Gasteiger partial charge in [-0.25, -0.2) is 0 Å². The van der Waals surface area contributed by atoms with Crippen LogP contribution in [0, 0.1) is 5.92 Å². The van der Waals surface area contributed by atoms with Crippen LogP contribution < -0.4 is 5.73 Å². The summed E-state index contributed by atoms with van der Waals surface area (Å²) in [6, 6.07) is 0. The second kappa shape index (κ2) is 4.72. The van der Waals surface area contributed by atoms with Crippen molar-refractivity contribution in [1.82, 2.24) is 0 Å². The summed E-state index contributed by atoms with van der Waals surface area (Å²) in [7, 11) is 1.39. The van der Waals surface area contributed by atoms with Gasteiger partial charge in [-0.15, -0.1) is 0 Å². The molecule has 0 aliphatic heterocycles. The van der Waals surface area contributed by atoms with Crippen LogP contribution in [0.1, 0.15) is 38.5 Å². The van der Waals surface area contributed by atoms with Crippen LogP contribution in [0.5, 0.6) is 0 Å². The van der Waals surface area contributed by atoms with Gasteiger partial charge >= 0.3 is 5.97 Å². The predicted molar refractivity (Wildman–Crippen MR) is 59.9 cm³/mol. The highest BCUT2D eigenvalue weighted by Gasteiger charge is 2.41. The summed E-state index contributed by atoms with van der Waals surface area (Å²) in [6.07, 6.45) is 5.99. The lowest BCUT2D eigenvalue weighted by Crippen LogP contribution is -2.53. The molecule has 2 saturated carbocycles. The Hall–Kier alpha value is -0.610. The van der Waals surface area contributed by atoms with Gasteiger partial charge < -0.3 is 15.2 Å². The molecule has 0 amide bonds. The minimum atomic E-state index is -0.818. The fraction of sp³-hybridized carbons (Fsp3) is 0.917. The van der Waals surface area contributed by atoms with Crippen LogP contribution in [0.25, 0.3) is 0 Å². The van der Waals surface area contributed by atoms with Gasteiger partial charge in [0.15, 0.2) is 0 Å². The van der Waals surface area contributed by atoms with Crippen molar-refractivity contribution in [3.05, 3.63) is 0 Å². The van der Waals surface area contributed by atoms with Crippen molar-refractivity contribution >= 4 is 5.97 Å². The van der Waals surface area contributed by atoms with Crippen LogP contribution in [0.15, 0.2) is 0 Å². The molecule has 2 fully saturated rings. The molecule has 0 aromatic rings. The molecular weight excluding hydrogens is 206 g/mol. The third-order valence-electron chi connectivity index (χ3n) is 3.60. The van der Waals surface area contributed by atoms with Crippen molar-refractivity contribution in [1.29, 1.82) is 0 Å². The number of carbonyl (C=O) groups excluding carboxylic acids is 1. The van der Waals surface area contributed by atoms with Crippen LogP contribution >= 0.6 is 0 Å². The maximum atomic E-state index is 11.6. The van der Waals surface area contributed by atoms with E-state index in [9.17, 15) is 4.79 Å². The van der Waals surface area contributed by atoms with Crippen LogP contribution in [0.4, 0.5) is 0 Å². The third kappa shape index (κ3) is 2.74. The summed E-state index contributed by atoms with van der Waals surface area (Å²) >= 11 is 0. The molecule has 0 radical (unpaired) electrons. The molecule has 2 N–H and O–H groups in total. The first kappa shape index (κ1) is 11.9. The highest BCUT2D eigenvalue weighted by Crippen LogP contribution is 2.33. The molecule has 92 valence electrons. The largest absolute Gasteiger partial charge is 0.468 e. The van der Waals surface area contributed by atoms with Crippen molar-refractivity contribution in [2.24, 2.45) is 11.7 Å². The van der Waals surface area contributed by atoms with E-state index >= 15 is 0 Å². The van der Waals surface area contributed by atoms with Gasteiger partial charge in [-0.2, -0.15) is 0 Å². The standard InChI is InChI=1S/C12H21NO3/c1-15-11(14)12(13)6-2-3-10(7-12)16-8-9-4-5-9/h9-10H,2-8,13H2,1H3. The Balaban J connectivity index is 1.84. The Morgan fingerprint density at radius 1 is 1.44 bits per heavy atom. The average Bonchev–Trinajstić information content (AvgIpc) is 3.09. The Morgan fingerprint density at radius 2 is 2.19 bits per heavy atom. The monoisotopic (exact) mass is 227 g/mol. The van der Waals surface area contributed by atoms with Crippen molar-refractivity contribution in [3.8, 4) is 0 Å². The SMILES string of the molecule is COC(=O)C1(N)CCCC(OCC2CC2)C1. The second-order valence-corrected chi connectivity index (χ2v) is 5.14. The van der Waals surface area contributed by atoms with E-state index < -0.39 is 5.54 Å². The Morgan fingerprint density at radius 3 is 2.81 bits per heavy atom. The first-order valence-corrected chi connectivity index (χ1v) is 6.13. The number of rotatable bonds is 4. The zero-order valence-corrected chi connectivity index (χ0v) is 9.91. The molecule has 2 unspecified atom stereocenters. The predicted octanol–water partition coefficient (Wildman–Crippen LogP) is 1.23. The van der Waals surface area contributed by atoms with Crippen LogP contribution in [-0.2, 0) is 14.3 Å². The summed E-state index contributed by atoms with van der Waals surface area (Å²) in [6.45, 7) is 0.835. The van der Waals surface area contributed by atoms with Crippen molar-refractivity contribution in [3.63, 3.8) is 0 Å². The van der Waals surface area contributed by atoms with Gasteiger partial charge in [-0.05, 0) is 38.0 Å². The van der Waals surface area contributed by atoms with Crippen molar-refractivity contribution in [2.45, 2.75) is 50.2 Å². The van der Waals surface area contributed by atoms with E-state index in [0.717, 1.165) is 25.4 Å². The summed E-state index contributed by atoms with van der Waals surface area (Å²) < 4.78 is 10.6. The normalized spacial score (nSPS) is 34.8. The van der Waals surface area contributed by atoms with Crippen LogP contribution in [0.3, 0.4) is 0 Å². The highest BCUT2D eigenvalue weighted by molar-refractivity contribution is 5.80. The molecule has 2 aliphatic rings. The van der Waals surface area contributed by atoms with E-state index in [1.807, 2.05) is 0 Å². The van der Waals surface area contributed by atoms with Gasteiger partial charge in [0.05, 0.1) is 13.2 Å². The number of methoxy groups -OCH3 is 1. The van der Waals surface area contributed by atoms with Crippen LogP contribution in [-0.4, -0.2) is 31.3 Å². The Bertz CT molecular complexity index is 265. The molecule has 2 aliphatic carbocycles. The molecular formula is C12H21NO3. The van der Waals surface area contributed by atoms with Gasteiger partial charge in [0.1, 0.15) is 5.54 Å². The van der Waals surface area contributed by atoms with E-state index in [4.69, 9.17) is 15.2 Å². The molecule has 0 aromatic carbocycles. The molecule has 2 rings (SSSR count). The fourth-order valence-corrected chi connectivity index (χ4v) is 2.34. The van der Waals surface area contributed by atoms with Gasteiger partial charge in [0.2, 0.25) is 0 Å². The Labute approximate surface area is 96.5 Å². The molecule has 0 heterocycles. The quantitative estimate of drug-likeness (QED) is 0.734. The molecule has 0 saturated heterocycles. The van der Waals surface area contributed by atoms with E-state index in [-0.39, 0.29) is 12.1 Å². The maximum Gasteiger partial charge on any atom is 0.325 e. The van der Waals surface area contributed by atoms with Gasteiger partial charge in [0.25, 0.3) is 0 Å². The lowest BCUT2D eigenvalue weighted by atomic mass is 9.81. The average molecular weight is 227 g/mol. The number of esters is 1. The topological polar surface area (TPSA) is 61.5 Å². The molecule has 0 spiro atoms. The smallest absolute Gasteiger partial charge is 0.325 e. The maximum absolute atomic E-state index is 11.6. The minimum absolute atomic E-state index is 0.137. The zero-order chi connectivity index (χ0) is 11.6. The molecule has 0 bridgehead atoms. The van der Waals surface area contributed by atoms with E-state index in [1.165, 1.54) is 20.0 Å². The Kier molecular flexibility index (Phi) is 3.50.